The van der Waals surface area contributed by atoms with E-state index in [0.717, 1.165) is 12.8 Å². The third kappa shape index (κ3) is 5.54. The van der Waals surface area contributed by atoms with Gasteiger partial charge in [-0.2, -0.15) is 0 Å². The largest absolute Gasteiger partial charge is 1.00 e. The maximum atomic E-state index is 12.4. The molecule has 0 heterocycles. The molecule has 1 aliphatic rings. The van der Waals surface area contributed by atoms with Gasteiger partial charge in [0.05, 0.1) is 25.9 Å². The smallest absolute Gasteiger partial charge is 0.872 e. The summed E-state index contributed by atoms with van der Waals surface area (Å²) in [6.07, 6.45) is 2.93. The van der Waals surface area contributed by atoms with Gasteiger partial charge in [-0.15, -0.1) is 0 Å². The van der Waals surface area contributed by atoms with Crippen molar-refractivity contribution in [1.29, 1.82) is 0 Å². The molecule has 0 saturated heterocycles. The van der Waals surface area contributed by atoms with E-state index in [9.17, 15) is 14.7 Å². The Hall–Kier alpha value is -1.50. The number of ether oxygens (including phenoxy) is 3. The van der Waals surface area contributed by atoms with E-state index >= 15 is 0 Å². The molecule has 0 aromatic heterocycles. The predicted octanol–water partition coefficient (Wildman–Crippen LogP) is -1.68. The molecule has 1 aromatic carbocycles. The Morgan fingerprint density at radius 2 is 1.96 bits per heavy atom. The van der Waals surface area contributed by atoms with E-state index < -0.39 is 17.5 Å². The summed E-state index contributed by atoms with van der Waals surface area (Å²) in [5.74, 6) is -1.57. The Bertz CT molecular complexity index is 622. The van der Waals surface area contributed by atoms with Crippen LogP contribution in [0.25, 0.3) is 5.76 Å². The summed E-state index contributed by atoms with van der Waals surface area (Å²) in [6, 6.07) is 4.94. The van der Waals surface area contributed by atoms with Crippen LogP contribution in [0.4, 0.5) is 0 Å². The molecule has 24 heavy (non-hydrogen) atoms. The molecule has 1 fully saturated rings. The van der Waals surface area contributed by atoms with Gasteiger partial charge in [0.1, 0.15) is 11.5 Å². The third-order valence-corrected chi connectivity index (χ3v) is 3.36. The quantitative estimate of drug-likeness (QED) is 0.184. The second-order valence-corrected chi connectivity index (χ2v) is 5.18. The van der Waals surface area contributed by atoms with E-state index in [4.69, 9.17) is 9.47 Å². The van der Waals surface area contributed by atoms with Crippen molar-refractivity contribution in [2.24, 2.45) is 5.92 Å². The maximum Gasteiger partial charge on any atom is 1.00 e. The molecule has 0 spiro atoms. The molecule has 0 aliphatic heterocycles. The van der Waals surface area contributed by atoms with Crippen molar-refractivity contribution in [2.75, 3.05) is 20.3 Å². The van der Waals surface area contributed by atoms with Gasteiger partial charge in [0, 0.05) is 0 Å². The van der Waals surface area contributed by atoms with Gasteiger partial charge in [0.25, 0.3) is 5.78 Å². The Morgan fingerprint density at radius 3 is 2.54 bits per heavy atom. The van der Waals surface area contributed by atoms with Crippen LogP contribution < -0.4 is 44.1 Å². The second kappa shape index (κ2) is 9.71. The van der Waals surface area contributed by atoms with Gasteiger partial charge in [-0.1, -0.05) is 11.8 Å². The van der Waals surface area contributed by atoms with Gasteiger partial charge in [0.15, 0.2) is 0 Å². The zero-order valence-corrected chi connectivity index (χ0v) is 16.2. The first-order valence-corrected chi connectivity index (χ1v) is 7.46. The van der Waals surface area contributed by atoms with Crippen molar-refractivity contribution in [2.45, 2.75) is 19.8 Å². The maximum absolute atomic E-state index is 12.4. The van der Waals surface area contributed by atoms with Crippen LogP contribution >= 0.6 is 0 Å². The summed E-state index contributed by atoms with van der Waals surface area (Å²) in [6.45, 7) is 2.16. The normalized spacial score (nSPS) is 13.7. The Balaban J connectivity index is 0.00000288. The summed E-state index contributed by atoms with van der Waals surface area (Å²) >= 11 is 0. The number of carbonyl (C=O) groups is 2. The topological polar surface area (TPSA) is 84.9 Å². The zero-order chi connectivity index (χ0) is 16.8. The number of hydrogen-bond acceptors (Lipinski definition) is 6. The average Bonchev–Trinajstić information content (AvgIpc) is 3.36. The number of esters is 1. The van der Waals surface area contributed by atoms with Crippen LogP contribution in [0.2, 0.25) is 0 Å². The molecular weight excluding hydrogens is 323 g/mol. The van der Waals surface area contributed by atoms with Gasteiger partial charge >= 0.3 is 35.5 Å². The van der Waals surface area contributed by atoms with Crippen LogP contribution in [0, 0.1) is 5.92 Å². The first kappa shape index (κ1) is 20.5. The fourth-order valence-corrected chi connectivity index (χ4v) is 1.99. The molecule has 0 radical (unpaired) electrons. The molecule has 1 saturated carbocycles. The van der Waals surface area contributed by atoms with Crippen LogP contribution in [0.5, 0.6) is 11.5 Å². The molecule has 0 bridgehead atoms. The van der Waals surface area contributed by atoms with Crippen molar-refractivity contribution in [3.63, 3.8) is 0 Å². The molecule has 124 valence electrons. The minimum atomic E-state index is -1.06. The van der Waals surface area contributed by atoms with E-state index in [-0.39, 0.29) is 47.5 Å². The van der Waals surface area contributed by atoms with Gasteiger partial charge in [-0.05, 0) is 43.9 Å². The molecule has 7 heteroatoms. The number of hydrogen-bond donors (Lipinski definition) is 0. The van der Waals surface area contributed by atoms with Crippen molar-refractivity contribution >= 4 is 17.5 Å². The van der Waals surface area contributed by atoms with Crippen molar-refractivity contribution in [3.05, 3.63) is 29.8 Å². The molecule has 0 N–H and O–H groups in total. The van der Waals surface area contributed by atoms with E-state index in [1.165, 1.54) is 7.11 Å². The standard InChI is InChI=1S/C17H20O6.Na/c1-3-22-17(20)13(19)9-12(18)16-14(21-2)5-4-6-15(16)23-10-11-7-8-11;/h4-6,9,11,18H,3,7-8,10H2,1-2H3;/q;+1/p-1. The van der Waals surface area contributed by atoms with Crippen LogP contribution in [-0.2, 0) is 14.3 Å². The Labute approximate surface area is 163 Å². The molecule has 2 rings (SSSR count). The number of ketones is 1. The van der Waals surface area contributed by atoms with Gasteiger partial charge < -0.3 is 19.3 Å². The molecule has 1 aliphatic carbocycles. The van der Waals surface area contributed by atoms with Crippen LogP contribution in [0.3, 0.4) is 0 Å². The second-order valence-electron chi connectivity index (χ2n) is 5.18. The summed E-state index contributed by atoms with van der Waals surface area (Å²) in [5.41, 5.74) is 0.133. The Kier molecular flexibility index (Phi) is 8.31. The molecule has 0 atom stereocenters. The first-order chi connectivity index (χ1) is 11.1. The van der Waals surface area contributed by atoms with Crippen LogP contribution in [0.1, 0.15) is 25.3 Å². The minimum Gasteiger partial charge on any atom is -0.872 e. The summed E-state index contributed by atoms with van der Waals surface area (Å²) in [5, 5.41) is 12.4. The minimum absolute atomic E-state index is 0. The monoisotopic (exact) mass is 342 g/mol. The summed E-state index contributed by atoms with van der Waals surface area (Å²) in [7, 11) is 1.42. The summed E-state index contributed by atoms with van der Waals surface area (Å²) < 4.78 is 15.4. The zero-order valence-electron chi connectivity index (χ0n) is 14.2. The predicted molar refractivity (Wildman–Crippen MR) is 80.8 cm³/mol. The molecule has 0 unspecified atom stereocenters. The van der Waals surface area contributed by atoms with E-state index in [1.54, 1.807) is 25.1 Å². The first-order valence-electron chi connectivity index (χ1n) is 7.46. The van der Waals surface area contributed by atoms with E-state index in [2.05, 4.69) is 4.74 Å². The van der Waals surface area contributed by atoms with Crippen LogP contribution in [0.15, 0.2) is 24.3 Å². The summed E-state index contributed by atoms with van der Waals surface area (Å²) in [4.78, 5) is 23.0. The average molecular weight is 342 g/mol. The van der Waals surface area contributed by atoms with Crippen LogP contribution in [-0.4, -0.2) is 32.1 Å². The van der Waals surface area contributed by atoms with Gasteiger partial charge in [0.2, 0.25) is 0 Å². The number of carbonyl (C=O) groups excluding carboxylic acids is 2. The number of rotatable bonds is 8. The van der Waals surface area contributed by atoms with E-state index in [0.29, 0.717) is 24.4 Å². The molecular formula is C17H19NaO6. The van der Waals surface area contributed by atoms with E-state index in [1.807, 2.05) is 0 Å². The number of benzene rings is 1. The van der Waals surface area contributed by atoms with Gasteiger partial charge in [-0.25, -0.2) is 4.79 Å². The molecule has 1 aromatic rings. The SMILES string of the molecule is CCOC(=O)C(=O)C=C([O-])c1c(OC)cccc1OCC1CC1.[Na+]. The number of methoxy groups -OCH3 is 1. The van der Waals surface area contributed by atoms with Crippen molar-refractivity contribution < 1.29 is 58.5 Å². The Morgan fingerprint density at radius 1 is 1.29 bits per heavy atom. The fourth-order valence-electron chi connectivity index (χ4n) is 1.99. The molecule has 6 nitrogen and oxygen atoms in total. The van der Waals surface area contributed by atoms with Crippen molar-refractivity contribution in [1.82, 2.24) is 0 Å². The van der Waals surface area contributed by atoms with Crippen molar-refractivity contribution in [3.8, 4) is 11.5 Å². The molecule has 0 amide bonds. The third-order valence-electron chi connectivity index (χ3n) is 3.36. The fraction of sp³-hybridized carbons (Fsp3) is 0.412. The van der Waals surface area contributed by atoms with Gasteiger partial charge in [-0.3, -0.25) is 4.79 Å².